The smallest absolute Gasteiger partial charge is 0.338 e. The number of nitrogens with zero attached hydrogens (tertiary/aromatic N) is 3. The molecule has 6 nitrogen and oxygen atoms in total. The third-order valence-electron chi connectivity index (χ3n) is 6.91. The van der Waals surface area contributed by atoms with Gasteiger partial charge in [0.2, 0.25) is 0 Å². The van der Waals surface area contributed by atoms with Crippen molar-refractivity contribution in [3.63, 3.8) is 0 Å². The molecule has 0 aliphatic carbocycles. The molecule has 0 N–H and O–H groups in total. The number of carbonyl (C=O) groups is 1. The molecule has 0 saturated carbocycles. The minimum absolute atomic E-state index is 0.173. The van der Waals surface area contributed by atoms with E-state index in [1.807, 2.05) is 73.1 Å². The van der Waals surface area contributed by atoms with Crippen molar-refractivity contribution in [3.8, 4) is 0 Å². The summed E-state index contributed by atoms with van der Waals surface area (Å²) < 4.78 is 9.87. The molecule has 1 unspecified atom stereocenters. The summed E-state index contributed by atoms with van der Waals surface area (Å²) in [5.74, 6) is -0.465. The summed E-state index contributed by atoms with van der Waals surface area (Å²) in [5.41, 5.74) is 4.74. The van der Waals surface area contributed by atoms with Gasteiger partial charge in [-0.1, -0.05) is 65.9 Å². The highest BCUT2D eigenvalue weighted by atomic mass is 32.1. The molecular weight excluding hydrogens is 514 g/mol. The summed E-state index contributed by atoms with van der Waals surface area (Å²) in [5, 5.41) is 3.04. The first-order valence-electron chi connectivity index (χ1n) is 12.4. The minimum atomic E-state index is -0.628. The maximum atomic E-state index is 14.1. The highest BCUT2D eigenvalue weighted by molar-refractivity contribution is 7.10. The first kappa shape index (κ1) is 24.3. The molecule has 8 heteroatoms. The predicted molar refractivity (Wildman–Crippen MR) is 153 cm³/mol. The fraction of sp³-hybridized carbons (Fsp3) is 0.167. The van der Waals surface area contributed by atoms with Crippen molar-refractivity contribution >= 4 is 51.3 Å². The van der Waals surface area contributed by atoms with Crippen LogP contribution in [0.1, 0.15) is 34.7 Å². The summed E-state index contributed by atoms with van der Waals surface area (Å²) in [6, 6.07) is 21.0. The number of esters is 1. The fourth-order valence-electron chi connectivity index (χ4n) is 5.02. The highest BCUT2D eigenvalue weighted by Crippen LogP contribution is 2.37. The topological polar surface area (TPSA) is 65.6 Å². The third kappa shape index (κ3) is 3.88. The number of para-hydroxylation sites is 1. The van der Waals surface area contributed by atoms with Gasteiger partial charge in [0.05, 0.1) is 22.4 Å². The fourth-order valence-corrected chi connectivity index (χ4v) is 6.83. The number of rotatable bonds is 5. The lowest BCUT2D eigenvalue weighted by Gasteiger charge is -2.24. The Morgan fingerprint density at radius 2 is 1.84 bits per heavy atom. The molecule has 0 bridgehead atoms. The summed E-state index contributed by atoms with van der Waals surface area (Å²) in [4.78, 5) is 33.8. The summed E-state index contributed by atoms with van der Waals surface area (Å²) in [7, 11) is 2.03. The van der Waals surface area contributed by atoms with Crippen molar-refractivity contribution < 1.29 is 9.53 Å². The number of benzene rings is 2. The largest absolute Gasteiger partial charge is 0.463 e. The zero-order valence-corrected chi connectivity index (χ0v) is 22.8. The van der Waals surface area contributed by atoms with Crippen LogP contribution in [-0.4, -0.2) is 21.7 Å². The van der Waals surface area contributed by atoms with Crippen molar-refractivity contribution in [1.29, 1.82) is 0 Å². The maximum absolute atomic E-state index is 14.1. The summed E-state index contributed by atoms with van der Waals surface area (Å²) >= 11 is 2.85. The van der Waals surface area contributed by atoms with Crippen molar-refractivity contribution in [2.24, 2.45) is 12.0 Å². The molecule has 1 aliphatic rings. The molecule has 1 aliphatic heterocycles. The van der Waals surface area contributed by atoms with E-state index in [1.165, 1.54) is 22.7 Å². The second-order valence-electron chi connectivity index (χ2n) is 9.02. The molecule has 190 valence electrons. The van der Waals surface area contributed by atoms with Crippen LogP contribution in [0.2, 0.25) is 0 Å². The van der Waals surface area contributed by atoms with Gasteiger partial charge in [-0.15, -0.1) is 11.3 Å². The van der Waals surface area contributed by atoms with Crippen LogP contribution >= 0.6 is 22.7 Å². The lowest BCUT2D eigenvalue weighted by atomic mass is 9.97. The van der Waals surface area contributed by atoms with Crippen LogP contribution in [0, 0.1) is 6.92 Å². The zero-order chi connectivity index (χ0) is 26.4. The lowest BCUT2D eigenvalue weighted by Crippen LogP contribution is -2.39. The van der Waals surface area contributed by atoms with Gasteiger partial charge < -0.3 is 9.30 Å². The van der Waals surface area contributed by atoms with Gasteiger partial charge >= 0.3 is 5.97 Å². The number of thiazole rings is 1. The van der Waals surface area contributed by atoms with Crippen molar-refractivity contribution in [3.05, 3.63) is 119 Å². The number of aromatic nitrogens is 2. The van der Waals surface area contributed by atoms with E-state index in [4.69, 9.17) is 9.73 Å². The van der Waals surface area contributed by atoms with Crippen LogP contribution in [0.5, 0.6) is 0 Å². The van der Waals surface area contributed by atoms with E-state index in [-0.39, 0.29) is 12.2 Å². The Labute approximate surface area is 227 Å². The van der Waals surface area contributed by atoms with Gasteiger partial charge in [0.1, 0.15) is 6.04 Å². The van der Waals surface area contributed by atoms with Crippen LogP contribution in [0.15, 0.2) is 87.5 Å². The van der Waals surface area contributed by atoms with Crippen LogP contribution in [0.25, 0.3) is 22.7 Å². The molecule has 38 heavy (non-hydrogen) atoms. The number of fused-ring (bicyclic) bond motifs is 2. The van der Waals surface area contributed by atoms with E-state index in [1.54, 1.807) is 11.5 Å². The number of hydrogen-bond acceptors (Lipinski definition) is 6. The quantitative estimate of drug-likeness (QED) is 0.302. The molecule has 1 atom stereocenters. The van der Waals surface area contributed by atoms with E-state index >= 15 is 0 Å². The second kappa shape index (κ2) is 9.70. The van der Waals surface area contributed by atoms with Gasteiger partial charge in [-0.3, -0.25) is 9.36 Å². The molecule has 0 saturated heterocycles. The predicted octanol–water partition coefficient (Wildman–Crippen LogP) is 4.80. The van der Waals surface area contributed by atoms with Crippen molar-refractivity contribution in [1.82, 2.24) is 9.13 Å². The van der Waals surface area contributed by atoms with Gasteiger partial charge in [-0.25, -0.2) is 9.79 Å². The number of ether oxygens (including phenoxy) is 1. The average Bonchev–Trinajstić information content (AvgIpc) is 3.64. The lowest BCUT2D eigenvalue weighted by molar-refractivity contribution is -0.138. The molecule has 2 aromatic carbocycles. The van der Waals surface area contributed by atoms with Crippen LogP contribution in [0.4, 0.5) is 0 Å². The molecule has 3 aromatic heterocycles. The first-order valence-corrected chi connectivity index (χ1v) is 14.0. The molecule has 6 rings (SSSR count). The van der Waals surface area contributed by atoms with Crippen LogP contribution < -0.4 is 14.9 Å². The van der Waals surface area contributed by atoms with Gasteiger partial charge in [-0.2, -0.15) is 0 Å². The molecular formula is C30H25N3O3S2. The summed E-state index contributed by atoms with van der Waals surface area (Å²) in [6.07, 6.45) is 1.96. The number of carbonyl (C=O) groups excluding carboxylic acids is 1. The second-order valence-corrected chi connectivity index (χ2v) is 11.0. The van der Waals surface area contributed by atoms with Crippen LogP contribution in [0.3, 0.4) is 0 Å². The van der Waals surface area contributed by atoms with Gasteiger partial charge in [0.25, 0.3) is 5.56 Å². The molecule has 0 radical (unpaired) electrons. The number of aryl methyl sites for hydroxylation is 1. The molecule has 0 fully saturated rings. The maximum Gasteiger partial charge on any atom is 0.338 e. The van der Waals surface area contributed by atoms with E-state index in [9.17, 15) is 9.59 Å². The molecule has 0 spiro atoms. The van der Waals surface area contributed by atoms with E-state index in [0.717, 1.165) is 32.6 Å². The van der Waals surface area contributed by atoms with Crippen molar-refractivity contribution in [2.45, 2.75) is 19.9 Å². The SMILES string of the molecule is CCOC(=O)C1=C(c2ccccc2)N=c2s/c(=C/c3c(C)n(C)c4ccccc34)c(=O)n2C1c1cccs1. The Bertz CT molecular complexity index is 1890. The van der Waals surface area contributed by atoms with Gasteiger partial charge in [0, 0.05) is 39.6 Å². The van der Waals surface area contributed by atoms with E-state index in [2.05, 4.69) is 23.6 Å². The Kier molecular flexibility index (Phi) is 6.21. The van der Waals surface area contributed by atoms with Gasteiger partial charge in [-0.05, 0) is 37.4 Å². The molecule has 5 aromatic rings. The average molecular weight is 540 g/mol. The Morgan fingerprint density at radius 1 is 1.08 bits per heavy atom. The monoisotopic (exact) mass is 539 g/mol. The zero-order valence-electron chi connectivity index (χ0n) is 21.2. The van der Waals surface area contributed by atoms with E-state index in [0.29, 0.717) is 20.6 Å². The molecule has 0 amide bonds. The standard InChI is InChI=1S/C30H25N3O3S2/c1-4-36-29(35)25-26(19-11-6-5-7-12-19)31-30-33(27(25)23-15-10-16-37-23)28(34)24(38-30)17-21-18(2)32(3)22-14-9-8-13-20(21)22/h5-17,27H,4H2,1-3H3/b24-17+. The Morgan fingerprint density at radius 3 is 2.58 bits per heavy atom. The highest BCUT2D eigenvalue weighted by Gasteiger charge is 2.35. The third-order valence-corrected chi connectivity index (χ3v) is 8.82. The van der Waals surface area contributed by atoms with E-state index < -0.39 is 12.0 Å². The number of thiophene rings is 1. The Balaban J connectivity index is 1.66. The normalized spacial score (nSPS) is 15.6. The van der Waals surface area contributed by atoms with Gasteiger partial charge in [0.15, 0.2) is 4.80 Å². The Hall–Kier alpha value is -4.01. The molecule has 4 heterocycles. The minimum Gasteiger partial charge on any atom is -0.463 e. The first-order chi connectivity index (χ1) is 18.5. The van der Waals surface area contributed by atoms with Crippen LogP contribution in [-0.2, 0) is 16.6 Å². The summed E-state index contributed by atoms with van der Waals surface area (Å²) in [6.45, 7) is 4.07. The number of hydrogen-bond donors (Lipinski definition) is 0. The van der Waals surface area contributed by atoms with Crippen molar-refractivity contribution in [2.75, 3.05) is 6.61 Å².